The molecule has 2 saturated carbocycles. The second-order valence-corrected chi connectivity index (χ2v) is 10.7. The van der Waals surface area contributed by atoms with Gasteiger partial charge in [-0.05, 0) is 63.3 Å². The number of aryl methyl sites for hydroxylation is 1. The van der Waals surface area contributed by atoms with E-state index < -0.39 is 0 Å². The lowest BCUT2D eigenvalue weighted by atomic mass is 9.78. The summed E-state index contributed by atoms with van der Waals surface area (Å²) in [5.41, 5.74) is 2.77. The van der Waals surface area contributed by atoms with Gasteiger partial charge in [-0.15, -0.1) is 0 Å². The minimum Gasteiger partial charge on any atom is -0.493 e. The van der Waals surface area contributed by atoms with E-state index in [9.17, 15) is 4.79 Å². The van der Waals surface area contributed by atoms with E-state index in [-0.39, 0.29) is 5.91 Å². The number of nitrogens with one attached hydrogen (secondary N) is 1. The maximum atomic E-state index is 12.0. The number of ether oxygens (including phenoxy) is 2. The Hall–Kier alpha value is -1.86. The van der Waals surface area contributed by atoms with Crippen LogP contribution in [-0.2, 0) is 16.0 Å². The number of piperazine rings is 1. The van der Waals surface area contributed by atoms with E-state index in [1.54, 1.807) is 7.11 Å². The summed E-state index contributed by atoms with van der Waals surface area (Å²) in [6.07, 6.45) is 9.18. The molecule has 1 saturated heterocycles. The number of methoxy groups -OCH3 is 1. The molecule has 1 aromatic heterocycles. The summed E-state index contributed by atoms with van der Waals surface area (Å²) in [6, 6.07) is 2.49. The van der Waals surface area contributed by atoms with Crippen LogP contribution in [0.2, 0.25) is 0 Å². The Labute approximate surface area is 198 Å². The second kappa shape index (κ2) is 9.79. The van der Waals surface area contributed by atoms with Gasteiger partial charge in [-0.1, -0.05) is 0 Å². The third kappa shape index (κ3) is 5.14. The molecule has 182 valence electrons. The van der Waals surface area contributed by atoms with Crippen LogP contribution in [0.5, 0.6) is 5.75 Å². The number of hydrogen-bond donors (Lipinski definition) is 1. The fraction of sp³-hybridized carbons (Fsp3) is 0.769. The highest BCUT2D eigenvalue weighted by molar-refractivity contribution is 5.76. The Bertz CT molecular complexity index is 844. The number of carbonyl (C=O) groups excluding carboxylic acids is 1. The smallest absolute Gasteiger partial charge is 0.222 e. The van der Waals surface area contributed by atoms with Crippen LogP contribution in [0.1, 0.15) is 56.2 Å². The van der Waals surface area contributed by atoms with Gasteiger partial charge in [0.2, 0.25) is 5.91 Å². The maximum absolute atomic E-state index is 12.0. The molecular weight excluding hydrogens is 416 g/mol. The number of rotatable bonds is 8. The average molecular weight is 457 g/mol. The Balaban J connectivity index is 1.02. The van der Waals surface area contributed by atoms with Gasteiger partial charge in [0.25, 0.3) is 0 Å². The zero-order chi connectivity index (χ0) is 22.8. The van der Waals surface area contributed by atoms with Crippen LogP contribution in [-0.4, -0.2) is 74.9 Å². The summed E-state index contributed by atoms with van der Waals surface area (Å²) in [4.78, 5) is 22.0. The molecular formula is C26H40N4O3. The van der Waals surface area contributed by atoms with Crippen molar-refractivity contribution in [1.29, 1.82) is 0 Å². The van der Waals surface area contributed by atoms with Crippen molar-refractivity contribution >= 4 is 11.7 Å². The largest absolute Gasteiger partial charge is 0.493 e. The minimum atomic E-state index is 0.151. The number of pyridine rings is 1. The average Bonchev–Trinajstić information content (AvgIpc) is 3.24. The summed E-state index contributed by atoms with van der Waals surface area (Å²) in [5.74, 6) is 3.20. The predicted octanol–water partition coefficient (Wildman–Crippen LogP) is 2.94. The van der Waals surface area contributed by atoms with Gasteiger partial charge in [0.1, 0.15) is 11.6 Å². The molecule has 2 aliphatic carbocycles. The van der Waals surface area contributed by atoms with E-state index in [1.807, 2.05) is 0 Å². The summed E-state index contributed by atoms with van der Waals surface area (Å²) in [7, 11) is 1.65. The number of nitrogens with zero attached hydrogens (tertiary/aromatic N) is 3. The molecule has 1 amide bonds. The quantitative estimate of drug-likeness (QED) is 0.649. The molecule has 1 spiro atoms. The maximum Gasteiger partial charge on any atom is 0.222 e. The minimum absolute atomic E-state index is 0.151. The Morgan fingerprint density at radius 3 is 2.82 bits per heavy atom. The van der Waals surface area contributed by atoms with Crippen LogP contribution in [0.25, 0.3) is 0 Å². The molecule has 0 radical (unpaired) electrons. The number of amides is 1. The molecule has 1 atom stereocenters. The summed E-state index contributed by atoms with van der Waals surface area (Å²) < 4.78 is 10.8. The molecule has 2 aliphatic heterocycles. The van der Waals surface area contributed by atoms with E-state index in [1.165, 1.54) is 50.6 Å². The van der Waals surface area contributed by atoms with Crippen LogP contribution >= 0.6 is 0 Å². The van der Waals surface area contributed by atoms with Crippen LogP contribution in [0.3, 0.4) is 0 Å². The van der Waals surface area contributed by atoms with E-state index >= 15 is 0 Å². The van der Waals surface area contributed by atoms with Crippen molar-refractivity contribution < 1.29 is 14.3 Å². The number of hydrogen-bond acceptors (Lipinski definition) is 6. The molecule has 3 fully saturated rings. The van der Waals surface area contributed by atoms with E-state index in [2.05, 4.69) is 28.1 Å². The first kappa shape index (κ1) is 22.9. The van der Waals surface area contributed by atoms with Gasteiger partial charge in [0.15, 0.2) is 0 Å². The van der Waals surface area contributed by atoms with Gasteiger partial charge in [-0.25, -0.2) is 4.98 Å². The summed E-state index contributed by atoms with van der Waals surface area (Å²) in [5, 5.41) is 3.24. The molecule has 1 N–H and O–H groups in total. The summed E-state index contributed by atoms with van der Waals surface area (Å²) >= 11 is 0. The van der Waals surface area contributed by atoms with Crippen molar-refractivity contribution in [2.24, 2.45) is 11.3 Å². The van der Waals surface area contributed by atoms with Gasteiger partial charge in [-0.2, -0.15) is 0 Å². The molecule has 7 nitrogen and oxygen atoms in total. The van der Waals surface area contributed by atoms with Crippen molar-refractivity contribution in [3.63, 3.8) is 0 Å². The molecule has 0 bridgehead atoms. The lowest BCUT2D eigenvalue weighted by Gasteiger charge is -2.37. The lowest BCUT2D eigenvalue weighted by molar-refractivity contribution is -0.122. The van der Waals surface area contributed by atoms with Crippen LogP contribution in [0, 0.1) is 18.3 Å². The second-order valence-electron chi connectivity index (χ2n) is 10.7. The predicted molar refractivity (Wildman–Crippen MR) is 129 cm³/mol. The molecule has 3 heterocycles. The van der Waals surface area contributed by atoms with Gasteiger partial charge >= 0.3 is 0 Å². The van der Waals surface area contributed by atoms with Crippen molar-refractivity contribution in [3.8, 4) is 5.75 Å². The van der Waals surface area contributed by atoms with Gasteiger partial charge in [-0.3, -0.25) is 9.69 Å². The highest BCUT2D eigenvalue weighted by Crippen LogP contribution is 2.57. The van der Waals surface area contributed by atoms with Crippen molar-refractivity contribution in [3.05, 3.63) is 17.3 Å². The van der Waals surface area contributed by atoms with Crippen LogP contribution in [0.4, 0.5) is 5.82 Å². The first-order valence-corrected chi connectivity index (χ1v) is 13.0. The number of carbonyl (C=O) groups is 1. The lowest BCUT2D eigenvalue weighted by Crippen LogP contribution is -2.47. The van der Waals surface area contributed by atoms with Crippen molar-refractivity contribution in [2.45, 2.75) is 64.3 Å². The van der Waals surface area contributed by atoms with Crippen molar-refractivity contribution in [1.82, 2.24) is 15.2 Å². The van der Waals surface area contributed by atoms with Crippen molar-refractivity contribution in [2.75, 3.05) is 57.9 Å². The van der Waals surface area contributed by atoms with Gasteiger partial charge in [0, 0.05) is 69.5 Å². The van der Waals surface area contributed by atoms with Crippen LogP contribution < -0.4 is 15.0 Å². The first-order valence-electron chi connectivity index (χ1n) is 13.0. The number of anilines is 1. The molecule has 33 heavy (non-hydrogen) atoms. The molecule has 0 aromatic carbocycles. The topological polar surface area (TPSA) is 66.9 Å². The summed E-state index contributed by atoms with van der Waals surface area (Å²) in [6.45, 7) is 8.94. The Morgan fingerprint density at radius 2 is 2.06 bits per heavy atom. The first-order chi connectivity index (χ1) is 16.1. The standard InChI is InChI=1S/C26H40N4O3/c1-19-17-22-21(6-16-33-22)25(27-19)30-13-11-29(12-14-30)10-5-20-3-8-26(9-4-20)18-23(26)28-24(31)7-15-32-2/h17,20,23H,3-16,18H2,1-2H3,(H,28,31). The Kier molecular flexibility index (Phi) is 6.79. The molecule has 1 aromatic rings. The highest BCUT2D eigenvalue weighted by atomic mass is 16.5. The monoisotopic (exact) mass is 456 g/mol. The number of aromatic nitrogens is 1. The van der Waals surface area contributed by atoms with E-state index in [4.69, 9.17) is 14.5 Å². The molecule has 7 heteroatoms. The highest BCUT2D eigenvalue weighted by Gasteiger charge is 2.55. The van der Waals surface area contributed by atoms with Gasteiger partial charge in [0.05, 0.1) is 13.2 Å². The normalized spacial score (nSPS) is 29.1. The van der Waals surface area contributed by atoms with E-state index in [0.717, 1.165) is 62.4 Å². The zero-order valence-corrected chi connectivity index (χ0v) is 20.4. The number of fused-ring (bicyclic) bond motifs is 1. The Morgan fingerprint density at radius 1 is 1.27 bits per heavy atom. The zero-order valence-electron chi connectivity index (χ0n) is 20.4. The van der Waals surface area contributed by atoms with Gasteiger partial charge < -0.3 is 19.7 Å². The third-order valence-corrected chi connectivity index (χ3v) is 8.48. The fourth-order valence-electron chi connectivity index (χ4n) is 6.20. The van der Waals surface area contributed by atoms with E-state index in [0.29, 0.717) is 24.5 Å². The molecule has 5 rings (SSSR count). The molecule has 1 unspecified atom stereocenters. The SMILES string of the molecule is COCCC(=O)NC1CC12CCC(CCN1CCN(c3nc(C)cc4c3CCO4)CC1)CC2. The fourth-order valence-corrected chi connectivity index (χ4v) is 6.20. The van der Waals surface area contributed by atoms with Crippen LogP contribution in [0.15, 0.2) is 6.07 Å². The third-order valence-electron chi connectivity index (χ3n) is 8.48. The molecule has 4 aliphatic rings.